The summed E-state index contributed by atoms with van der Waals surface area (Å²) in [4.78, 5) is 26.0. The number of aromatic nitrogens is 1. The fourth-order valence-electron chi connectivity index (χ4n) is 5.84. The number of methoxy groups -OCH3 is 3. The van der Waals surface area contributed by atoms with Gasteiger partial charge in [-0.3, -0.25) is 9.59 Å². The van der Waals surface area contributed by atoms with Crippen LogP contribution in [0.4, 0.5) is 4.39 Å². The van der Waals surface area contributed by atoms with E-state index in [0.29, 0.717) is 34.7 Å². The Morgan fingerprint density at radius 3 is 2.17 bits per heavy atom. The number of carbonyl (C=O) groups is 2. The first-order valence-corrected chi connectivity index (χ1v) is 15.6. The normalized spacial score (nSPS) is 12.4. The zero-order chi connectivity index (χ0) is 34.1. The summed E-state index contributed by atoms with van der Waals surface area (Å²) in [6.45, 7) is 4.14. The van der Waals surface area contributed by atoms with E-state index < -0.39 is 18.2 Å². The van der Waals surface area contributed by atoms with Crippen molar-refractivity contribution in [1.82, 2.24) is 9.88 Å². The van der Waals surface area contributed by atoms with Crippen molar-refractivity contribution in [3.63, 3.8) is 0 Å². The van der Waals surface area contributed by atoms with Gasteiger partial charge in [0.1, 0.15) is 23.0 Å². The van der Waals surface area contributed by atoms with Crippen molar-refractivity contribution in [3.8, 4) is 33.8 Å². The number of nitrogens with zero attached hydrogens (tertiary/aromatic N) is 1. The second-order valence-corrected chi connectivity index (χ2v) is 11.6. The number of aliphatic hydroxyl groups excluding tert-OH is 2. The van der Waals surface area contributed by atoms with Gasteiger partial charge < -0.3 is 34.3 Å². The molecule has 3 N–H and O–H groups in total. The highest BCUT2D eigenvalue weighted by atomic mass is 19.1. The number of hydrogen-bond donors (Lipinski definition) is 3. The Bertz CT molecular complexity index is 1650. The minimum atomic E-state index is -1.07. The van der Waals surface area contributed by atoms with Gasteiger partial charge in [0.15, 0.2) is 0 Å². The van der Waals surface area contributed by atoms with Gasteiger partial charge in [0.2, 0.25) is 0 Å². The van der Waals surface area contributed by atoms with Crippen molar-refractivity contribution in [2.75, 3.05) is 21.3 Å². The van der Waals surface area contributed by atoms with Gasteiger partial charge in [-0.1, -0.05) is 42.5 Å². The maximum atomic E-state index is 14.3. The van der Waals surface area contributed by atoms with Crippen LogP contribution in [0.25, 0.3) is 22.3 Å². The second-order valence-electron chi connectivity index (χ2n) is 11.6. The number of nitrogens with one attached hydrogen (secondary N) is 1. The van der Waals surface area contributed by atoms with Crippen LogP contribution < -0.4 is 14.8 Å². The third-order valence-corrected chi connectivity index (χ3v) is 8.06. The van der Waals surface area contributed by atoms with Gasteiger partial charge in [0, 0.05) is 41.0 Å². The van der Waals surface area contributed by atoms with E-state index in [1.807, 2.05) is 54.8 Å². The molecule has 250 valence electrons. The van der Waals surface area contributed by atoms with E-state index >= 15 is 0 Å². The van der Waals surface area contributed by atoms with Gasteiger partial charge in [-0.25, -0.2) is 4.39 Å². The molecule has 0 radical (unpaired) electrons. The van der Waals surface area contributed by atoms with Crippen molar-refractivity contribution in [2.45, 2.75) is 64.3 Å². The molecule has 2 atom stereocenters. The first kappa shape index (κ1) is 35.2. The number of benzene rings is 3. The molecule has 0 bridgehead atoms. The lowest BCUT2D eigenvalue weighted by Gasteiger charge is -2.20. The number of rotatable bonds is 15. The number of aliphatic hydroxyl groups is 2. The summed E-state index contributed by atoms with van der Waals surface area (Å²) in [6, 6.07) is 20.9. The Hall–Kier alpha value is -4.67. The lowest BCUT2D eigenvalue weighted by molar-refractivity contribution is -0.143. The highest BCUT2D eigenvalue weighted by Crippen LogP contribution is 2.42. The molecule has 0 fully saturated rings. The van der Waals surface area contributed by atoms with E-state index in [0.717, 1.165) is 22.4 Å². The summed E-state index contributed by atoms with van der Waals surface area (Å²) in [5.74, 6) is -0.0680. The Labute approximate surface area is 274 Å². The number of hydrogen-bond acceptors (Lipinski definition) is 7. The molecule has 3 aromatic carbocycles. The molecule has 0 unspecified atom stereocenters. The summed E-state index contributed by atoms with van der Waals surface area (Å²) >= 11 is 0. The molecule has 0 aliphatic heterocycles. The number of amides is 1. The second kappa shape index (κ2) is 16.2. The van der Waals surface area contributed by atoms with Gasteiger partial charge >= 0.3 is 5.97 Å². The van der Waals surface area contributed by atoms with E-state index in [2.05, 4.69) is 10.1 Å². The molecule has 47 heavy (non-hydrogen) atoms. The minimum Gasteiger partial charge on any atom is -0.497 e. The van der Waals surface area contributed by atoms with Gasteiger partial charge in [-0.15, -0.1) is 0 Å². The van der Waals surface area contributed by atoms with E-state index in [1.54, 1.807) is 38.5 Å². The van der Waals surface area contributed by atoms with E-state index in [1.165, 1.54) is 19.2 Å². The van der Waals surface area contributed by atoms with Gasteiger partial charge in [0.05, 0.1) is 40.0 Å². The maximum absolute atomic E-state index is 14.3. The predicted molar refractivity (Wildman–Crippen MR) is 178 cm³/mol. The Morgan fingerprint density at radius 1 is 0.872 bits per heavy atom. The quantitative estimate of drug-likeness (QED) is 0.134. The number of halogens is 1. The van der Waals surface area contributed by atoms with Gasteiger partial charge in [-0.2, -0.15) is 0 Å². The maximum Gasteiger partial charge on any atom is 0.308 e. The Kier molecular flexibility index (Phi) is 12.2. The highest BCUT2D eigenvalue weighted by Gasteiger charge is 2.30. The van der Waals surface area contributed by atoms with E-state index in [-0.39, 0.29) is 43.6 Å². The van der Waals surface area contributed by atoms with Crippen LogP contribution in [0.15, 0.2) is 72.8 Å². The van der Waals surface area contributed by atoms with Crippen molar-refractivity contribution in [1.29, 1.82) is 0 Å². The molecule has 0 saturated heterocycles. The molecule has 10 heteroatoms. The standard InChI is InChI=1S/C37H43FN2O7/c1-23(2)40-31(18-16-28(41)19-29(42)20-33(43)47-5)34(25-11-14-27(38)15-12-25)35(24-9-7-6-8-10-24)36(40)37(44)39-22-26-13-17-30(45-3)21-32(26)46-4/h6-15,17,21,23,28-29,41-42H,16,18-20,22H2,1-5H3,(H,39,44)/t28-,29-/m1/s1. The van der Waals surface area contributed by atoms with Crippen LogP contribution in [-0.4, -0.2) is 60.2 Å². The first-order valence-electron chi connectivity index (χ1n) is 15.6. The smallest absolute Gasteiger partial charge is 0.308 e. The van der Waals surface area contributed by atoms with Crippen LogP contribution in [0.1, 0.15) is 60.9 Å². The number of esters is 1. The zero-order valence-corrected chi connectivity index (χ0v) is 27.5. The topological polar surface area (TPSA) is 119 Å². The largest absolute Gasteiger partial charge is 0.497 e. The van der Waals surface area contributed by atoms with Crippen LogP contribution >= 0.6 is 0 Å². The summed E-state index contributed by atoms with van der Waals surface area (Å²) in [7, 11) is 4.37. The fourth-order valence-corrected chi connectivity index (χ4v) is 5.84. The Balaban J connectivity index is 1.83. The fraction of sp³-hybridized carbons (Fsp3) is 0.351. The molecule has 0 spiro atoms. The molecule has 9 nitrogen and oxygen atoms in total. The summed E-state index contributed by atoms with van der Waals surface area (Å²) < 4.78 is 31.6. The zero-order valence-electron chi connectivity index (χ0n) is 27.5. The lowest BCUT2D eigenvalue weighted by Crippen LogP contribution is -2.27. The number of ether oxygens (including phenoxy) is 3. The predicted octanol–water partition coefficient (Wildman–Crippen LogP) is 6.10. The molecule has 4 aromatic rings. The SMILES string of the molecule is COC(=O)C[C@H](O)C[C@H](O)CCc1c(-c2ccc(F)cc2)c(-c2ccccc2)c(C(=O)NCc2ccc(OC)cc2OC)n1C(C)C. The summed E-state index contributed by atoms with van der Waals surface area (Å²) in [5.41, 5.74) is 4.91. The van der Waals surface area contributed by atoms with Crippen molar-refractivity contribution >= 4 is 11.9 Å². The third kappa shape index (κ3) is 8.58. The summed E-state index contributed by atoms with van der Waals surface area (Å²) in [6.07, 6.45) is -1.68. The van der Waals surface area contributed by atoms with Crippen LogP contribution in [0.3, 0.4) is 0 Å². The molecule has 1 aromatic heterocycles. The molecule has 1 heterocycles. The monoisotopic (exact) mass is 646 g/mol. The first-order chi connectivity index (χ1) is 22.6. The lowest BCUT2D eigenvalue weighted by atomic mass is 9.92. The van der Waals surface area contributed by atoms with E-state index in [9.17, 15) is 24.2 Å². The summed E-state index contributed by atoms with van der Waals surface area (Å²) in [5, 5.41) is 24.3. The molecular formula is C37H43FN2O7. The molecule has 4 rings (SSSR count). The third-order valence-electron chi connectivity index (χ3n) is 8.06. The average Bonchev–Trinajstić information content (AvgIpc) is 3.42. The molecule has 0 aliphatic carbocycles. The molecule has 1 amide bonds. The van der Waals surface area contributed by atoms with Crippen LogP contribution in [0.5, 0.6) is 11.5 Å². The van der Waals surface area contributed by atoms with Gasteiger partial charge in [-0.05, 0) is 68.5 Å². The van der Waals surface area contributed by atoms with Crippen molar-refractivity contribution in [3.05, 3.63) is 95.6 Å². The molecule has 0 saturated carbocycles. The number of carbonyl (C=O) groups excluding carboxylic acids is 2. The van der Waals surface area contributed by atoms with Crippen molar-refractivity contribution in [2.24, 2.45) is 0 Å². The Morgan fingerprint density at radius 2 is 1.55 bits per heavy atom. The van der Waals surface area contributed by atoms with E-state index in [4.69, 9.17) is 9.47 Å². The highest BCUT2D eigenvalue weighted by molar-refractivity contribution is 6.05. The average molecular weight is 647 g/mol. The van der Waals surface area contributed by atoms with Crippen LogP contribution in [0, 0.1) is 5.82 Å². The van der Waals surface area contributed by atoms with Gasteiger partial charge in [0.25, 0.3) is 5.91 Å². The van der Waals surface area contributed by atoms with Crippen LogP contribution in [-0.2, 0) is 22.5 Å². The molecule has 0 aliphatic rings. The van der Waals surface area contributed by atoms with Crippen LogP contribution in [0.2, 0.25) is 0 Å². The van der Waals surface area contributed by atoms with Crippen molar-refractivity contribution < 1.29 is 38.4 Å². The minimum absolute atomic E-state index is 0.0219. The molecular weight excluding hydrogens is 603 g/mol.